The first-order chi connectivity index (χ1) is 13.7. The highest BCUT2D eigenvalue weighted by atomic mass is 32.2. The standard InChI is InChI=1S/C21H26N2O4S2/c1-14-6-5-7-17(21(24)23-8-10-28-11-9-23)20(14)22-29(25,26)19-13-15(2)18(27-4)12-16(19)3/h5-7,12-13,22H,8-11H2,1-4H3. The number of hydrogen-bond acceptors (Lipinski definition) is 5. The van der Waals surface area contributed by atoms with Crippen molar-refractivity contribution in [3.8, 4) is 5.75 Å². The summed E-state index contributed by atoms with van der Waals surface area (Å²) in [6.45, 7) is 6.66. The van der Waals surface area contributed by atoms with Gasteiger partial charge in [0, 0.05) is 24.6 Å². The Morgan fingerprint density at radius 2 is 1.76 bits per heavy atom. The molecule has 0 saturated carbocycles. The fourth-order valence-corrected chi connectivity index (χ4v) is 5.75. The maximum absolute atomic E-state index is 13.2. The zero-order valence-electron chi connectivity index (χ0n) is 17.1. The lowest BCUT2D eigenvalue weighted by atomic mass is 10.1. The second kappa shape index (κ2) is 8.67. The molecule has 0 radical (unpaired) electrons. The van der Waals surface area contributed by atoms with Crippen LogP contribution in [-0.2, 0) is 10.0 Å². The van der Waals surface area contributed by atoms with E-state index in [1.54, 1.807) is 63.1 Å². The average Bonchev–Trinajstić information content (AvgIpc) is 2.70. The molecule has 1 fully saturated rings. The van der Waals surface area contributed by atoms with Crippen molar-refractivity contribution in [1.29, 1.82) is 0 Å². The molecule has 2 aromatic rings. The molecule has 0 aliphatic carbocycles. The number of hydrogen-bond donors (Lipinski definition) is 1. The summed E-state index contributed by atoms with van der Waals surface area (Å²) in [7, 11) is -2.33. The molecule has 0 unspecified atom stereocenters. The maximum atomic E-state index is 13.2. The molecule has 1 N–H and O–H groups in total. The van der Waals surface area contributed by atoms with E-state index in [2.05, 4.69) is 4.72 Å². The van der Waals surface area contributed by atoms with Gasteiger partial charge in [0.15, 0.2) is 0 Å². The second-order valence-corrected chi connectivity index (χ2v) is 9.97. The number of methoxy groups -OCH3 is 1. The van der Waals surface area contributed by atoms with E-state index in [1.807, 2.05) is 11.8 Å². The number of benzene rings is 2. The molecule has 29 heavy (non-hydrogen) atoms. The number of aryl methyl sites for hydroxylation is 3. The van der Waals surface area contributed by atoms with Crippen LogP contribution >= 0.6 is 11.8 Å². The summed E-state index contributed by atoms with van der Waals surface area (Å²) in [6.07, 6.45) is 0. The van der Waals surface area contributed by atoms with E-state index in [1.165, 1.54) is 0 Å². The average molecular weight is 435 g/mol. The first-order valence-corrected chi connectivity index (χ1v) is 12.0. The van der Waals surface area contributed by atoms with Crippen LogP contribution in [0.3, 0.4) is 0 Å². The van der Waals surface area contributed by atoms with Gasteiger partial charge >= 0.3 is 0 Å². The molecule has 8 heteroatoms. The number of ether oxygens (including phenoxy) is 1. The van der Waals surface area contributed by atoms with Crippen molar-refractivity contribution in [3.05, 3.63) is 52.6 Å². The monoisotopic (exact) mass is 434 g/mol. The number of anilines is 1. The minimum Gasteiger partial charge on any atom is -0.496 e. The molecule has 0 atom stereocenters. The third-order valence-electron chi connectivity index (χ3n) is 5.02. The summed E-state index contributed by atoms with van der Waals surface area (Å²) in [4.78, 5) is 15.0. The number of nitrogens with zero attached hydrogens (tertiary/aromatic N) is 1. The van der Waals surface area contributed by atoms with Gasteiger partial charge < -0.3 is 9.64 Å². The number of para-hydroxylation sites is 1. The zero-order valence-corrected chi connectivity index (χ0v) is 18.7. The van der Waals surface area contributed by atoms with Crippen LogP contribution in [0.4, 0.5) is 5.69 Å². The van der Waals surface area contributed by atoms with E-state index in [9.17, 15) is 13.2 Å². The molecule has 6 nitrogen and oxygen atoms in total. The molecule has 1 amide bonds. The van der Waals surface area contributed by atoms with Crippen molar-refractivity contribution in [3.63, 3.8) is 0 Å². The van der Waals surface area contributed by atoms with Gasteiger partial charge in [-0.05, 0) is 55.7 Å². The van der Waals surface area contributed by atoms with Gasteiger partial charge in [-0.25, -0.2) is 8.42 Å². The Morgan fingerprint density at radius 1 is 1.07 bits per heavy atom. The molecular weight excluding hydrogens is 408 g/mol. The van der Waals surface area contributed by atoms with E-state index in [4.69, 9.17) is 4.74 Å². The van der Waals surface area contributed by atoms with Crippen LogP contribution in [0.2, 0.25) is 0 Å². The first kappa shape index (κ1) is 21.5. The van der Waals surface area contributed by atoms with Gasteiger partial charge in [0.1, 0.15) is 5.75 Å². The van der Waals surface area contributed by atoms with Gasteiger partial charge in [-0.1, -0.05) is 12.1 Å². The largest absolute Gasteiger partial charge is 0.496 e. The van der Waals surface area contributed by atoms with Crippen LogP contribution in [0.25, 0.3) is 0 Å². The highest BCUT2D eigenvalue weighted by molar-refractivity contribution is 7.99. The van der Waals surface area contributed by atoms with Gasteiger partial charge in [0.05, 0.1) is 23.3 Å². The Balaban J connectivity index is 1.99. The zero-order chi connectivity index (χ0) is 21.2. The Bertz CT molecular complexity index is 1030. The smallest absolute Gasteiger partial charge is 0.262 e. The van der Waals surface area contributed by atoms with Crippen LogP contribution < -0.4 is 9.46 Å². The molecule has 1 aliphatic rings. The normalized spacial score (nSPS) is 14.6. The summed E-state index contributed by atoms with van der Waals surface area (Å²) < 4.78 is 34.4. The van der Waals surface area contributed by atoms with Crippen molar-refractivity contribution in [1.82, 2.24) is 4.90 Å². The Kier molecular flexibility index (Phi) is 6.43. The van der Waals surface area contributed by atoms with Crippen molar-refractivity contribution in [2.24, 2.45) is 0 Å². The maximum Gasteiger partial charge on any atom is 0.262 e. The van der Waals surface area contributed by atoms with Crippen molar-refractivity contribution < 1.29 is 17.9 Å². The number of sulfonamides is 1. The fourth-order valence-electron chi connectivity index (χ4n) is 3.38. The number of thioether (sulfide) groups is 1. The van der Waals surface area contributed by atoms with Crippen molar-refractivity contribution in [2.75, 3.05) is 36.4 Å². The molecule has 156 valence electrons. The number of carbonyl (C=O) groups is 1. The summed E-state index contributed by atoms with van der Waals surface area (Å²) in [5.41, 5.74) is 2.72. The summed E-state index contributed by atoms with van der Waals surface area (Å²) in [5.74, 6) is 2.27. The lowest BCUT2D eigenvalue weighted by Gasteiger charge is -2.27. The molecule has 1 heterocycles. The van der Waals surface area contributed by atoms with Gasteiger partial charge in [0.25, 0.3) is 15.9 Å². The van der Waals surface area contributed by atoms with Crippen molar-refractivity contribution >= 4 is 33.4 Å². The molecular formula is C21H26N2O4S2. The summed E-state index contributed by atoms with van der Waals surface area (Å²) in [6, 6.07) is 8.56. The summed E-state index contributed by atoms with van der Waals surface area (Å²) in [5, 5.41) is 0. The molecule has 2 aromatic carbocycles. The predicted molar refractivity (Wildman–Crippen MR) is 118 cm³/mol. The Labute approximate surface area is 176 Å². The number of nitrogens with one attached hydrogen (secondary N) is 1. The van der Waals surface area contributed by atoms with Crippen LogP contribution in [0.15, 0.2) is 35.2 Å². The van der Waals surface area contributed by atoms with E-state index in [0.29, 0.717) is 41.2 Å². The van der Waals surface area contributed by atoms with E-state index in [-0.39, 0.29) is 10.8 Å². The van der Waals surface area contributed by atoms with Gasteiger partial charge in [-0.3, -0.25) is 9.52 Å². The molecule has 1 aliphatic heterocycles. The minimum absolute atomic E-state index is 0.144. The van der Waals surface area contributed by atoms with Crippen LogP contribution in [0, 0.1) is 20.8 Å². The van der Waals surface area contributed by atoms with Crippen LogP contribution in [0.1, 0.15) is 27.0 Å². The van der Waals surface area contributed by atoms with E-state index in [0.717, 1.165) is 17.1 Å². The second-order valence-electron chi connectivity index (χ2n) is 7.09. The van der Waals surface area contributed by atoms with E-state index >= 15 is 0 Å². The number of carbonyl (C=O) groups excluding carboxylic acids is 1. The lowest BCUT2D eigenvalue weighted by Crippen LogP contribution is -2.38. The summed E-state index contributed by atoms with van der Waals surface area (Å²) >= 11 is 1.82. The van der Waals surface area contributed by atoms with Crippen molar-refractivity contribution in [2.45, 2.75) is 25.7 Å². The van der Waals surface area contributed by atoms with E-state index < -0.39 is 10.0 Å². The van der Waals surface area contributed by atoms with Crippen LogP contribution in [-0.4, -0.2) is 50.9 Å². The van der Waals surface area contributed by atoms with Gasteiger partial charge in [-0.2, -0.15) is 11.8 Å². The molecule has 3 rings (SSSR count). The third kappa shape index (κ3) is 4.53. The Morgan fingerprint density at radius 3 is 2.41 bits per heavy atom. The van der Waals surface area contributed by atoms with Crippen LogP contribution in [0.5, 0.6) is 5.75 Å². The first-order valence-electron chi connectivity index (χ1n) is 9.39. The predicted octanol–water partition coefficient (Wildman–Crippen LogP) is 3.61. The molecule has 0 aromatic heterocycles. The fraction of sp³-hybridized carbons (Fsp3) is 0.381. The molecule has 1 saturated heterocycles. The SMILES string of the molecule is COc1cc(C)c(S(=O)(=O)Nc2c(C)cccc2C(=O)N2CCSCC2)cc1C. The lowest BCUT2D eigenvalue weighted by molar-refractivity contribution is 0.0773. The molecule has 0 spiro atoms. The third-order valence-corrected chi connectivity index (χ3v) is 7.45. The number of rotatable bonds is 5. The topological polar surface area (TPSA) is 75.7 Å². The quantitative estimate of drug-likeness (QED) is 0.778. The van der Waals surface area contributed by atoms with Gasteiger partial charge in [-0.15, -0.1) is 0 Å². The van der Waals surface area contributed by atoms with Gasteiger partial charge in [0.2, 0.25) is 0 Å². The highest BCUT2D eigenvalue weighted by Crippen LogP contribution is 2.30. The number of amides is 1. The molecule has 0 bridgehead atoms. The highest BCUT2D eigenvalue weighted by Gasteiger charge is 2.26. The Hall–Kier alpha value is -2.19. The minimum atomic E-state index is -3.88.